The molecule has 4 nitrogen and oxygen atoms in total. The van der Waals surface area contributed by atoms with Crippen molar-refractivity contribution in [2.24, 2.45) is 0 Å². The number of nitrogens with one attached hydrogen (secondary N) is 1. The smallest absolute Gasteiger partial charge is 0.298 e. The Balaban J connectivity index is 2.16. The zero-order valence-electron chi connectivity index (χ0n) is 11.8. The third-order valence-electron chi connectivity index (χ3n) is 3.47. The molecule has 0 unspecified atom stereocenters. The van der Waals surface area contributed by atoms with Gasteiger partial charge in [-0.15, -0.1) is 11.3 Å². The average molecular weight is 300 g/mol. The van der Waals surface area contributed by atoms with E-state index >= 15 is 0 Å². The quantitative estimate of drug-likeness (QED) is 0.804. The van der Waals surface area contributed by atoms with Crippen LogP contribution in [-0.2, 0) is 6.54 Å². The molecule has 2 aromatic heterocycles. The number of hydrogen-bond acceptors (Lipinski definition) is 3. The zero-order valence-corrected chi connectivity index (χ0v) is 12.6. The summed E-state index contributed by atoms with van der Waals surface area (Å²) in [6.07, 6.45) is 1.77. The number of rotatable bonds is 4. The molecule has 2 heterocycles. The average Bonchev–Trinajstić information content (AvgIpc) is 2.92. The van der Waals surface area contributed by atoms with E-state index in [2.05, 4.69) is 4.98 Å². The van der Waals surface area contributed by atoms with E-state index in [4.69, 9.17) is 0 Å². The molecule has 3 aromatic rings. The molecular formula is C16H16N2O2S. The van der Waals surface area contributed by atoms with E-state index in [0.29, 0.717) is 16.8 Å². The number of nitrogens with zero attached hydrogens (tertiary/aromatic N) is 1. The fraction of sp³-hybridized carbons (Fsp3) is 0.250. The monoisotopic (exact) mass is 300 g/mol. The second-order valence-electron chi connectivity index (χ2n) is 4.96. The minimum absolute atomic E-state index is 0.194. The fourth-order valence-electron chi connectivity index (χ4n) is 2.31. The zero-order chi connectivity index (χ0) is 14.8. The highest BCUT2D eigenvalue weighted by Gasteiger charge is 2.11. The first-order chi connectivity index (χ1) is 10.2. The molecule has 0 spiro atoms. The van der Waals surface area contributed by atoms with Gasteiger partial charge in [-0.25, -0.2) is 4.79 Å². The first-order valence-electron chi connectivity index (χ1n) is 7.03. The Labute approximate surface area is 125 Å². The molecule has 0 radical (unpaired) electrons. The number of benzene rings is 1. The highest BCUT2D eigenvalue weighted by molar-refractivity contribution is 7.21. The van der Waals surface area contributed by atoms with Gasteiger partial charge in [-0.05, 0) is 18.1 Å². The fourth-order valence-corrected chi connectivity index (χ4v) is 3.35. The minimum atomic E-state index is -0.317. The Kier molecular flexibility index (Phi) is 3.75. The van der Waals surface area contributed by atoms with Crippen molar-refractivity contribution in [2.75, 3.05) is 0 Å². The lowest BCUT2D eigenvalue weighted by Gasteiger charge is -2.02. The lowest BCUT2D eigenvalue weighted by molar-refractivity contribution is 0.589. The summed E-state index contributed by atoms with van der Waals surface area (Å²) < 4.78 is 1.30. The van der Waals surface area contributed by atoms with E-state index in [1.807, 2.05) is 43.3 Å². The van der Waals surface area contributed by atoms with Crippen molar-refractivity contribution in [1.82, 2.24) is 9.55 Å². The summed E-state index contributed by atoms with van der Waals surface area (Å²) >= 11 is 1.44. The number of thiophene rings is 1. The lowest BCUT2D eigenvalue weighted by atomic mass is 10.2. The second kappa shape index (κ2) is 5.69. The molecule has 0 amide bonds. The molecule has 108 valence electrons. The van der Waals surface area contributed by atoms with E-state index < -0.39 is 0 Å². The van der Waals surface area contributed by atoms with E-state index in [9.17, 15) is 9.59 Å². The molecule has 0 aliphatic carbocycles. The summed E-state index contributed by atoms with van der Waals surface area (Å²) in [4.78, 5) is 28.9. The Morgan fingerprint density at radius 2 is 1.95 bits per heavy atom. The number of aromatic amines is 1. The van der Waals surface area contributed by atoms with Crippen molar-refractivity contribution in [3.05, 3.63) is 57.2 Å². The molecule has 3 rings (SSSR count). The summed E-state index contributed by atoms with van der Waals surface area (Å²) in [7, 11) is 0. The normalized spacial score (nSPS) is 11.1. The van der Waals surface area contributed by atoms with Crippen LogP contribution in [0.4, 0.5) is 0 Å². The van der Waals surface area contributed by atoms with Gasteiger partial charge in [0.25, 0.3) is 5.56 Å². The highest BCUT2D eigenvalue weighted by atomic mass is 32.1. The molecule has 0 aliphatic rings. The van der Waals surface area contributed by atoms with Gasteiger partial charge in [0.1, 0.15) is 4.83 Å². The molecule has 0 aliphatic heterocycles. The van der Waals surface area contributed by atoms with Gasteiger partial charge in [-0.3, -0.25) is 14.3 Å². The van der Waals surface area contributed by atoms with Crippen LogP contribution in [0, 0.1) is 0 Å². The standard InChI is InChI=1S/C16H16N2O2S/c1-2-3-9-18-15(19)12-10-13(11-7-5-4-6-8-11)21-14(12)17-16(18)20/h4-8,10H,2-3,9H2,1H3,(H,17,20). The maximum absolute atomic E-state index is 12.4. The Morgan fingerprint density at radius 1 is 1.19 bits per heavy atom. The second-order valence-corrected chi connectivity index (χ2v) is 6.01. The first-order valence-corrected chi connectivity index (χ1v) is 7.84. The predicted molar refractivity (Wildman–Crippen MR) is 87.0 cm³/mol. The summed E-state index contributed by atoms with van der Waals surface area (Å²) in [5.41, 5.74) is 0.544. The Hall–Kier alpha value is -2.14. The van der Waals surface area contributed by atoms with Gasteiger partial charge in [0.15, 0.2) is 0 Å². The van der Waals surface area contributed by atoms with Gasteiger partial charge in [-0.2, -0.15) is 0 Å². The topological polar surface area (TPSA) is 54.9 Å². The number of aromatic nitrogens is 2. The van der Waals surface area contributed by atoms with Crippen LogP contribution in [0.15, 0.2) is 46.0 Å². The van der Waals surface area contributed by atoms with Gasteiger partial charge < -0.3 is 0 Å². The minimum Gasteiger partial charge on any atom is -0.298 e. The summed E-state index contributed by atoms with van der Waals surface area (Å²) in [5.74, 6) is 0. The lowest BCUT2D eigenvalue weighted by Crippen LogP contribution is -2.34. The van der Waals surface area contributed by atoms with Crippen molar-refractivity contribution >= 4 is 21.6 Å². The number of fused-ring (bicyclic) bond motifs is 1. The third kappa shape index (κ3) is 2.56. The van der Waals surface area contributed by atoms with Crippen LogP contribution < -0.4 is 11.2 Å². The van der Waals surface area contributed by atoms with Crippen LogP contribution in [0.5, 0.6) is 0 Å². The van der Waals surface area contributed by atoms with E-state index in [1.165, 1.54) is 15.9 Å². The first kappa shape index (κ1) is 13.8. The van der Waals surface area contributed by atoms with Crippen LogP contribution in [0.25, 0.3) is 20.7 Å². The van der Waals surface area contributed by atoms with Gasteiger partial charge in [0, 0.05) is 11.4 Å². The van der Waals surface area contributed by atoms with Crippen molar-refractivity contribution in [1.29, 1.82) is 0 Å². The Bertz CT molecular complexity index is 875. The van der Waals surface area contributed by atoms with E-state index in [0.717, 1.165) is 23.3 Å². The molecule has 0 saturated heterocycles. The molecular weight excluding hydrogens is 284 g/mol. The molecule has 5 heteroatoms. The number of hydrogen-bond donors (Lipinski definition) is 1. The van der Waals surface area contributed by atoms with Crippen LogP contribution in [0.1, 0.15) is 19.8 Å². The molecule has 1 aromatic carbocycles. The van der Waals surface area contributed by atoms with Crippen molar-refractivity contribution in [3.63, 3.8) is 0 Å². The molecule has 0 saturated carbocycles. The molecule has 0 bridgehead atoms. The largest absolute Gasteiger partial charge is 0.329 e. The summed E-state index contributed by atoms with van der Waals surface area (Å²) in [5, 5.41) is 0.592. The summed E-state index contributed by atoms with van der Waals surface area (Å²) in [6, 6.07) is 11.7. The van der Waals surface area contributed by atoms with Crippen LogP contribution in [0.2, 0.25) is 0 Å². The number of H-pyrrole nitrogens is 1. The van der Waals surface area contributed by atoms with Crippen molar-refractivity contribution < 1.29 is 0 Å². The molecule has 21 heavy (non-hydrogen) atoms. The molecule has 0 fully saturated rings. The van der Waals surface area contributed by atoms with Crippen molar-refractivity contribution in [2.45, 2.75) is 26.3 Å². The van der Waals surface area contributed by atoms with Gasteiger partial charge in [0.2, 0.25) is 0 Å². The third-order valence-corrected chi connectivity index (χ3v) is 4.57. The highest BCUT2D eigenvalue weighted by Crippen LogP contribution is 2.30. The van der Waals surface area contributed by atoms with E-state index in [1.54, 1.807) is 0 Å². The maximum Gasteiger partial charge on any atom is 0.329 e. The molecule has 0 atom stereocenters. The maximum atomic E-state index is 12.4. The molecule has 1 N–H and O–H groups in total. The van der Waals surface area contributed by atoms with Gasteiger partial charge in [-0.1, -0.05) is 43.7 Å². The van der Waals surface area contributed by atoms with Crippen LogP contribution >= 0.6 is 11.3 Å². The van der Waals surface area contributed by atoms with E-state index in [-0.39, 0.29) is 11.2 Å². The predicted octanol–water partition coefficient (Wildman–Crippen LogP) is 3.22. The summed E-state index contributed by atoms with van der Waals surface area (Å²) in [6.45, 7) is 2.51. The Morgan fingerprint density at radius 3 is 2.67 bits per heavy atom. The van der Waals surface area contributed by atoms with Gasteiger partial charge in [0.05, 0.1) is 5.39 Å². The van der Waals surface area contributed by atoms with Gasteiger partial charge >= 0.3 is 5.69 Å². The SMILES string of the molecule is CCCCn1c(=O)[nH]c2sc(-c3ccccc3)cc2c1=O. The van der Waals surface area contributed by atoms with Crippen LogP contribution in [-0.4, -0.2) is 9.55 Å². The number of unbranched alkanes of at least 4 members (excludes halogenated alkanes) is 1. The van der Waals surface area contributed by atoms with Crippen LogP contribution in [0.3, 0.4) is 0 Å². The van der Waals surface area contributed by atoms with Crippen molar-refractivity contribution in [3.8, 4) is 10.4 Å².